The van der Waals surface area contributed by atoms with Gasteiger partial charge in [0, 0.05) is 10.8 Å². The first-order valence-electron chi connectivity index (χ1n) is 8.15. The Morgan fingerprint density at radius 2 is 1.81 bits per heavy atom. The summed E-state index contributed by atoms with van der Waals surface area (Å²) in [6.07, 6.45) is 11.2. The zero-order valence-electron chi connectivity index (χ0n) is 12.4. The molecule has 4 heteroatoms. The third-order valence-corrected chi connectivity index (χ3v) is 5.95. The number of amides is 1. The average Bonchev–Trinajstić information content (AvgIpc) is 2.68. The maximum absolute atomic E-state index is 12.4. The normalized spacial score (nSPS) is 19.4. The molecule has 3 nitrogen and oxygen atoms in total. The van der Waals surface area contributed by atoms with Crippen LogP contribution in [0, 0.1) is 17.2 Å². The molecule has 0 radical (unpaired) electrons. The largest absolute Gasteiger partial charge is 0.316 e. The summed E-state index contributed by atoms with van der Waals surface area (Å²) in [4.78, 5) is 13.7. The molecule has 1 fully saturated rings. The summed E-state index contributed by atoms with van der Waals surface area (Å²) >= 11 is 1.64. The van der Waals surface area contributed by atoms with Crippen LogP contribution in [0.1, 0.15) is 67.4 Å². The molecule has 1 N–H and O–H groups in total. The van der Waals surface area contributed by atoms with Crippen LogP contribution in [0.5, 0.6) is 0 Å². The second-order valence-corrected chi connectivity index (χ2v) is 7.31. The lowest BCUT2D eigenvalue weighted by atomic mass is 9.89. The van der Waals surface area contributed by atoms with Crippen LogP contribution < -0.4 is 5.32 Å². The van der Waals surface area contributed by atoms with E-state index in [1.165, 1.54) is 29.7 Å². The van der Waals surface area contributed by atoms with E-state index in [2.05, 4.69) is 11.4 Å². The van der Waals surface area contributed by atoms with Crippen molar-refractivity contribution < 1.29 is 4.79 Å². The van der Waals surface area contributed by atoms with Crippen molar-refractivity contribution in [3.05, 3.63) is 16.0 Å². The molecule has 0 bridgehead atoms. The van der Waals surface area contributed by atoms with Crippen LogP contribution >= 0.6 is 11.3 Å². The van der Waals surface area contributed by atoms with Crippen molar-refractivity contribution in [3.8, 4) is 6.07 Å². The fraction of sp³-hybridized carbons (Fsp3) is 0.647. The van der Waals surface area contributed by atoms with E-state index in [9.17, 15) is 10.1 Å². The number of aryl methyl sites for hydroxylation is 1. The molecule has 0 spiro atoms. The van der Waals surface area contributed by atoms with E-state index >= 15 is 0 Å². The van der Waals surface area contributed by atoms with Gasteiger partial charge in [-0.3, -0.25) is 4.79 Å². The van der Waals surface area contributed by atoms with Crippen molar-refractivity contribution in [1.82, 2.24) is 0 Å². The maximum Gasteiger partial charge on any atom is 0.228 e. The Kier molecular flexibility index (Phi) is 4.60. The van der Waals surface area contributed by atoms with Gasteiger partial charge in [0.05, 0.1) is 5.56 Å². The lowest BCUT2D eigenvalue weighted by Crippen LogP contribution is -2.24. The zero-order chi connectivity index (χ0) is 14.7. The molecule has 0 unspecified atom stereocenters. The number of carbonyl (C=O) groups is 1. The smallest absolute Gasteiger partial charge is 0.228 e. The summed E-state index contributed by atoms with van der Waals surface area (Å²) in [5, 5.41) is 13.4. The van der Waals surface area contributed by atoms with E-state index in [1.807, 2.05) is 0 Å². The lowest BCUT2D eigenvalue weighted by Gasteiger charge is -2.20. The molecule has 2 aliphatic carbocycles. The Labute approximate surface area is 130 Å². The molecule has 1 amide bonds. The van der Waals surface area contributed by atoms with Crippen LogP contribution in [0.3, 0.4) is 0 Å². The predicted molar refractivity (Wildman–Crippen MR) is 85.5 cm³/mol. The fourth-order valence-corrected chi connectivity index (χ4v) is 4.77. The van der Waals surface area contributed by atoms with Crippen LogP contribution in [0.25, 0.3) is 0 Å². The Morgan fingerprint density at radius 3 is 2.57 bits per heavy atom. The fourth-order valence-electron chi connectivity index (χ4n) is 3.53. The number of carbonyl (C=O) groups excluding carboxylic acids is 1. The summed E-state index contributed by atoms with van der Waals surface area (Å²) in [7, 11) is 0. The van der Waals surface area contributed by atoms with Crippen molar-refractivity contribution in [2.45, 2.75) is 64.2 Å². The molecule has 112 valence electrons. The van der Waals surface area contributed by atoms with Gasteiger partial charge in [0.2, 0.25) is 5.91 Å². The third kappa shape index (κ3) is 3.13. The molecule has 1 heterocycles. The summed E-state index contributed by atoms with van der Waals surface area (Å²) in [6, 6.07) is 2.34. The molecule has 1 aromatic rings. The topological polar surface area (TPSA) is 52.9 Å². The van der Waals surface area contributed by atoms with Crippen LogP contribution in [0.4, 0.5) is 5.00 Å². The number of nitrogens with zero attached hydrogens (tertiary/aromatic N) is 1. The van der Waals surface area contributed by atoms with Crippen molar-refractivity contribution in [3.63, 3.8) is 0 Å². The average molecular weight is 302 g/mol. The number of anilines is 1. The van der Waals surface area contributed by atoms with Crippen molar-refractivity contribution >= 4 is 22.2 Å². The Balaban J connectivity index is 1.79. The molecule has 2 aliphatic rings. The number of rotatable bonds is 2. The van der Waals surface area contributed by atoms with Crippen molar-refractivity contribution in [2.75, 3.05) is 5.32 Å². The van der Waals surface area contributed by atoms with Gasteiger partial charge in [0.1, 0.15) is 11.1 Å². The predicted octanol–water partition coefficient (Wildman–Crippen LogP) is 4.41. The van der Waals surface area contributed by atoms with Gasteiger partial charge in [-0.05, 0) is 44.1 Å². The number of hydrogen-bond acceptors (Lipinski definition) is 3. The molecule has 0 aliphatic heterocycles. The van der Waals surface area contributed by atoms with Gasteiger partial charge >= 0.3 is 0 Å². The van der Waals surface area contributed by atoms with E-state index in [0.29, 0.717) is 0 Å². The first-order valence-corrected chi connectivity index (χ1v) is 8.96. The molecular formula is C17H22N2OS. The van der Waals surface area contributed by atoms with E-state index < -0.39 is 0 Å². The van der Waals surface area contributed by atoms with Crippen molar-refractivity contribution in [1.29, 1.82) is 5.26 Å². The third-order valence-electron chi connectivity index (χ3n) is 4.75. The van der Waals surface area contributed by atoms with Gasteiger partial charge in [-0.2, -0.15) is 5.26 Å². The minimum Gasteiger partial charge on any atom is -0.316 e. The highest BCUT2D eigenvalue weighted by molar-refractivity contribution is 7.16. The summed E-state index contributed by atoms with van der Waals surface area (Å²) < 4.78 is 0. The van der Waals surface area contributed by atoms with E-state index in [-0.39, 0.29) is 11.8 Å². The zero-order valence-corrected chi connectivity index (χ0v) is 13.2. The van der Waals surface area contributed by atoms with Gasteiger partial charge in [-0.15, -0.1) is 11.3 Å². The van der Waals surface area contributed by atoms with Crippen LogP contribution in [0.2, 0.25) is 0 Å². The second kappa shape index (κ2) is 6.62. The highest BCUT2D eigenvalue weighted by Gasteiger charge is 2.25. The number of thiophene rings is 1. The molecule has 0 atom stereocenters. The summed E-state index contributed by atoms with van der Waals surface area (Å²) in [5.74, 6) is 0.273. The van der Waals surface area contributed by atoms with Gasteiger partial charge in [0.15, 0.2) is 0 Å². The van der Waals surface area contributed by atoms with Crippen LogP contribution in [0.15, 0.2) is 0 Å². The second-order valence-electron chi connectivity index (χ2n) is 6.20. The van der Waals surface area contributed by atoms with Crippen LogP contribution in [-0.4, -0.2) is 5.91 Å². The molecule has 0 saturated heterocycles. The number of hydrogen-bond donors (Lipinski definition) is 1. The molecule has 0 aromatic carbocycles. The Hall–Kier alpha value is -1.34. The number of fused-ring (bicyclic) bond motifs is 1. The number of nitrogens with one attached hydrogen (secondary N) is 1. The quantitative estimate of drug-likeness (QED) is 0.823. The highest BCUT2D eigenvalue weighted by Crippen LogP contribution is 2.37. The monoisotopic (exact) mass is 302 g/mol. The van der Waals surface area contributed by atoms with E-state index in [0.717, 1.165) is 55.5 Å². The van der Waals surface area contributed by atoms with E-state index in [1.54, 1.807) is 11.3 Å². The Morgan fingerprint density at radius 1 is 1.10 bits per heavy atom. The maximum atomic E-state index is 12.4. The lowest BCUT2D eigenvalue weighted by molar-refractivity contribution is -0.120. The highest BCUT2D eigenvalue weighted by atomic mass is 32.1. The molecule has 21 heavy (non-hydrogen) atoms. The summed E-state index contributed by atoms with van der Waals surface area (Å²) in [6.45, 7) is 0. The van der Waals surface area contributed by atoms with Gasteiger partial charge < -0.3 is 5.32 Å². The van der Waals surface area contributed by atoms with Gasteiger partial charge in [0.25, 0.3) is 0 Å². The SMILES string of the molecule is N#Cc1c(NC(=O)C2CCCCC2)sc2c1CCCCC2. The summed E-state index contributed by atoms with van der Waals surface area (Å²) in [5.41, 5.74) is 1.94. The minimum absolute atomic E-state index is 0.127. The first kappa shape index (κ1) is 14.6. The van der Waals surface area contributed by atoms with Gasteiger partial charge in [-0.1, -0.05) is 25.7 Å². The van der Waals surface area contributed by atoms with Gasteiger partial charge in [-0.25, -0.2) is 0 Å². The molecule has 1 aromatic heterocycles. The molecular weight excluding hydrogens is 280 g/mol. The van der Waals surface area contributed by atoms with Crippen molar-refractivity contribution in [2.24, 2.45) is 5.92 Å². The van der Waals surface area contributed by atoms with E-state index in [4.69, 9.17) is 0 Å². The minimum atomic E-state index is 0.127. The van der Waals surface area contributed by atoms with Crippen LogP contribution in [-0.2, 0) is 17.6 Å². The molecule has 3 rings (SSSR count). The standard InChI is InChI=1S/C17H22N2OS/c18-11-14-13-9-5-2-6-10-15(13)21-17(14)19-16(20)12-7-3-1-4-8-12/h12H,1-10H2,(H,19,20). The first-order chi connectivity index (χ1) is 10.3. The molecule has 1 saturated carbocycles. The number of nitriles is 1. The Bertz CT molecular complexity index is 564.